The summed E-state index contributed by atoms with van der Waals surface area (Å²) in [7, 11) is 0. The van der Waals surface area contributed by atoms with Crippen LogP contribution in [0.5, 0.6) is 17.2 Å². The number of phenolic OH excluding ortho intramolecular Hbond substituents is 3. The van der Waals surface area contributed by atoms with Crippen LogP contribution < -0.4 is 0 Å². The minimum atomic E-state index is 0.165. The van der Waals surface area contributed by atoms with E-state index < -0.39 is 0 Å². The molecule has 0 spiro atoms. The van der Waals surface area contributed by atoms with Gasteiger partial charge in [0.2, 0.25) is 0 Å². The van der Waals surface area contributed by atoms with Gasteiger partial charge in [-0.2, -0.15) is 0 Å². The third-order valence-electron chi connectivity index (χ3n) is 5.26. The molecule has 0 aromatic heterocycles. The number of benzene rings is 3. The van der Waals surface area contributed by atoms with Crippen LogP contribution in [0, 0.1) is 13.8 Å². The van der Waals surface area contributed by atoms with Gasteiger partial charge < -0.3 is 15.3 Å². The quantitative estimate of drug-likeness (QED) is 0.388. The van der Waals surface area contributed by atoms with Gasteiger partial charge in [0.1, 0.15) is 17.2 Å². The van der Waals surface area contributed by atoms with Crippen molar-refractivity contribution in [3.8, 4) is 17.2 Å². The van der Waals surface area contributed by atoms with Crippen LogP contribution in [0.1, 0.15) is 87.1 Å². The molecule has 0 unspecified atom stereocenters. The first-order valence-corrected chi connectivity index (χ1v) is 11.3. The minimum Gasteiger partial charge on any atom is -0.508 e. The Bertz CT molecular complexity index is 914. The largest absolute Gasteiger partial charge is 0.508 e. The van der Waals surface area contributed by atoms with Gasteiger partial charge in [-0.25, -0.2) is 0 Å². The Kier molecular flexibility index (Phi) is 10.8. The van der Waals surface area contributed by atoms with E-state index in [1.165, 1.54) is 11.1 Å². The highest BCUT2D eigenvalue weighted by Crippen LogP contribution is 2.30. The number of aryl methyl sites for hydroxylation is 1. The zero-order valence-corrected chi connectivity index (χ0v) is 20.8. The Balaban J connectivity index is 0.000000242. The van der Waals surface area contributed by atoms with Gasteiger partial charge in [0.05, 0.1) is 0 Å². The fourth-order valence-corrected chi connectivity index (χ4v) is 3.00. The zero-order valence-electron chi connectivity index (χ0n) is 20.8. The molecule has 3 aromatic rings. The normalized spacial score (nSPS) is 10.5. The van der Waals surface area contributed by atoms with Crippen molar-refractivity contribution in [3.05, 3.63) is 88.5 Å². The van der Waals surface area contributed by atoms with Crippen LogP contribution in [0.3, 0.4) is 0 Å². The molecule has 3 N–H and O–H groups in total. The van der Waals surface area contributed by atoms with Crippen molar-refractivity contribution in [2.24, 2.45) is 0 Å². The SMILES string of the molecule is CC(C)c1ccccc1.Cc1c(O)cc(C(C)C)cc1O.Cc1cc(O)cc(C(C)C)c1. The van der Waals surface area contributed by atoms with Crippen LogP contribution >= 0.6 is 0 Å². The monoisotopic (exact) mass is 436 g/mol. The predicted molar refractivity (Wildman–Crippen MR) is 136 cm³/mol. The van der Waals surface area contributed by atoms with E-state index in [0.717, 1.165) is 11.1 Å². The number of rotatable bonds is 3. The van der Waals surface area contributed by atoms with Gasteiger partial charge in [-0.15, -0.1) is 0 Å². The Morgan fingerprint density at radius 1 is 0.531 bits per heavy atom. The average Bonchev–Trinajstić information content (AvgIpc) is 2.72. The van der Waals surface area contributed by atoms with Crippen LogP contribution in [-0.4, -0.2) is 15.3 Å². The first kappa shape index (κ1) is 27.1. The summed E-state index contributed by atoms with van der Waals surface area (Å²) in [5, 5.41) is 28.0. The van der Waals surface area contributed by atoms with Crippen LogP contribution in [0.15, 0.2) is 60.7 Å². The molecule has 3 heteroatoms. The molecule has 0 radical (unpaired) electrons. The second-order valence-corrected chi connectivity index (χ2v) is 9.16. The van der Waals surface area contributed by atoms with Crippen molar-refractivity contribution in [2.45, 2.75) is 73.1 Å². The first-order valence-electron chi connectivity index (χ1n) is 11.3. The van der Waals surface area contributed by atoms with Gasteiger partial charge >= 0.3 is 0 Å². The van der Waals surface area contributed by atoms with Crippen molar-refractivity contribution in [3.63, 3.8) is 0 Å². The Labute approximate surface area is 194 Å². The maximum atomic E-state index is 9.37. The van der Waals surface area contributed by atoms with E-state index >= 15 is 0 Å². The lowest BCUT2D eigenvalue weighted by molar-refractivity contribution is 0.441. The Morgan fingerprint density at radius 3 is 1.34 bits per heavy atom. The van der Waals surface area contributed by atoms with E-state index in [-0.39, 0.29) is 11.5 Å². The highest BCUT2D eigenvalue weighted by molar-refractivity contribution is 5.46. The Morgan fingerprint density at radius 2 is 0.969 bits per heavy atom. The van der Waals surface area contributed by atoms with E-state index in [2.05, 4.69) is 58.0 Å². The summed E-state index contributed by atoms with van der Waals surface area (Å²) in [5.41, 5.74) is 5.23. The summed E-state index contributed by atoms with van der Waals surface area (Å²) in [6.45, 7) is 16.4. The van der Waals surface area contributed by atoms with Crippen LogP contribution in [0.25, 0.3) is 0 Å². The van der Waals surface area contributed by atoms with Crippen LogP contribution in [-0.2, 0) is 0 Å². The summed E-state index contributed by atoms with van der Waals surface area (Å²) in [5.74, 6) is 2.17. The van der Waals surface area contributed by atoms with Gasteiger partial charge in [0.25, 0.3) is 0 Å². The molecule has 32 heavy (non-hydrogen) atoms. The molecule has 0 aliphatic carbocycles. The standard InChI is InChI=1S/C10H14O2.C10H14O.C9H12/c1-6(2)8-4-9(11)7(3)10(12)5-8;1-7(2)9-4-8(3)5-10(11)6-9;1-8(2)9-6-4-3-5-7-9/h4-6,11-12H,1-3H3;4-7,11H,1-3H3;3-8H,1-2H3. The summed E-state index contributed by atoms with van der Waals surface area (Å²) >= 11 is 0. The number of hydrogen-bond donors (Lipinski definition) is 3. The van der Waals surface area contributed by atoms with Crippen molar-refractivity contribution in [2.75, 3.05) is 0 Å². The molecule has 0 bridgehead atoms. The molecule has 0 fully saturated rings. The van der Waals surface area contributed by atoms with Crippen molar-refractivity contribution >= 4 is 0 Å². The average molecular weight is 437 g/mol. The highest BCUT2D eigenvalue weighted by Gasteiger charge is 2.07. The molecular formula is C29H40O3. The second-order valence-electron chi connectivity index (χ2n) is 9.16. The fraction of sp³-hybridized carbons (Fsp3) is 0.379. The molecule has 0 saturated carbocycles. The van der Waals surface area contributed by atoms with Crippen LogP contribution in [0.4, 0.5) is 0 Å². The third-order valence-corrected chi connectivity index (χ3v) is 5.26. The second kappa shape index (κ2) is 12.8. The topological polar surface area (TPSA) is 60.7 Å². The van der Waals surface area contributed by atoms with E-state index in [4.69, 9.17) is 0 Å². The lowest BCUT2D eigenvalue weighted by Gasteiger charge is -2.08. The van der Waals surface area contributed by atoms with Crippen molar-refractivity contribution < 1.29 is 15.3 Å². The van der Waals surface area contributed by atoms with E-state index in [1.54, 1.807) is 25.1 Å². The highest BCUT2D eigenvalue weighted by atomic mass is 16.3. The summed E-state index contributed by atoms with van der Waals surface area (Å²) in [6, 6.07) is 19.6. The molecule has 3 rings (SSSR count). The van der Waals surface area contributed by atoms with Crippen molar-refractivity contribution in [1.82, 2.24) is 0 Å². The van der Waals surface area contributed by atoms with E-state index in [9.17, 15) is 15.3 Å². The molecule has 0 aliphatic heterocycles. The number of hydrogen-bond acceptors (Lipinski definition) is 3. The van der Waals surface area contributed by atoms with E-state index in [1.807, 2.05) is 32.9 Å². The summed E-state index contributed by atoms with van der Waals surface area (Å²) in [6.07, 6.45) is 0. The predicted octanol–water partition coefficient (Wildman–Crippen LogP) is 8.16. The smallest absolute Gasteiger partial charge is 0.122 e. The third kappa shape index (κ3) is 9.05. The van der Waals surface area contributed by atoms with Crippen LogP contribution in [0.2, 0.25) is 0 Å². The molecule has 0 atom stereocenters. The van der Waals surface area contributed by atoms with Gasteiger partial charge in [-0.1, -0.05) is 77.9 Å². The molecule has 0 amide bonds. The maximum Gasteiger partial charge on any atom is 0.122 e. The van der Waals surface area contributed by atoms with Gasteiger partial charge in [0, 0.05) is 5.56 Å². The summed E-state index contributed by atoms with van der Waals surface area (Å²) < 4.78 is 0. The molecule has 0 saturated heterocycles. The molecular weight excluding hydrogens is 396 g/mol. The maximum absolute atomic E-state index is 9.37. The number of phenols is 3. The fourth-order valence-electron chi connectivity index (χ4n) is 3.00. The molecule has 174 valence electrons. The van der Waals surface area contributed by atoms with Gasteiger partial charge in [0.15, 0.2) is 0 Å². The lowest BCUT2D eigenvalue weighted by atomic mass is 10.0. The van der Waals surface area contributed by atoms with E-state index in [0.29, 0.717) is 29.1 Å². The van der Waals surface area contributed by atoms with Crippen molar-refractivity contribution in [1.29, 1.82) is 0 Å². The zero-order chi connectivity index (χ0) is 24.4. The number of aromatic hydroxyl groups is 3. The molecule has 0 aliphatic rings. The molecule has 0 heterocycles. The molecule has 3 nitrogen and oxygen atoms in total. The Hall–Kier alpha value is -2.94. The first-order chi connectivity index (χ1) is 14.9. The minimum absolute atomic E-state index is 0.165. The lowest BCUT2D eigenvalue weighted by Crippen LogP contribution is -1.88. The van der Waals surface area contributed by atoms with Gasteiger partial charge in [-0.3, -0.25) is 0 Å². The molecule has 3 aromatic carbocycles. The summed E-state index contributed by atoms with van der Waals surface area (Å²) in [4.78, 5) is 0. The van der Waals surface area contributed by atoms with Gasteiger partial charge in [-0.05, 0) is 78.1 Å².